The van der Waals surface area contributed by atoms with E-state index in [1.807, 2.05) is 0 Å². The van der Waals surface area contributed by atoms with E-state index in [-0.39, 0.29) is 5.60 Å². The first-order valence-electron chi connectivity index (χ1n) is 4.47. The molecule has 3 nitrogen and oxygen atoms in total. The zero-order valence-electron chi connectivity index (χ0n) is 8.30. The highest BCUT2D eigenvalue weighted by Crippen LogP contribution is 2.23. The molecule has 0 amide bonds. The highest BCUT2D eigenvalue weighted by molar-refractivity contribution is 4.87. The van der Waals surface area contributed by atoms with E-state index < -0.39 is 0 Å². The van der Waals surface area contributed by atoms with Crippen LogP contribution in [0.2, 0.25) is 0 Å². The van der Waals surface area contributed by atoms with Crippen molar-refractivity contribution in [3.63, 3.8) is 0 Å². The minimum absolute atomic E-state index is 0.0771. The Morgan fingerprint density at radius 1 is 1.42 bits per heavy atom. The van der Waals surface area contributed by atoms with Crippen LogP contribution in [0.3, 0.4) is 0 Å². The number of hydrogen-bond acceptors (Lipinski definition) is 3. The van der Waals surface area contributed by atoms with Crippen molar-refractivity contribution in [3.05, 3.63) is 0 Å². The Hall–Kier alpha value is -0.120. The van der Waals surface area contributed by atoms with Gasteiger partial charge < -0.3 is 9.47 Å². The maximum atomic E-state index is 5.43. The number of methoxy groups -OCH3 is 2. The van der Waals surface area contributed by atoms with Crippen LogP contribution in [0.15, 0.2) is 0 Å². The fraction of sp³-hybridized carbons (Fsp3) is 1.00. The molecule has 3 heteroatoms. The topological polar surface area (TPSA) is 21.7 Å². The molecule has 0 aromatic rings. The molecule has 1 aliphatic heterocycles. The summed E-state index contributed by atoms with van der Waals surface area (Å²) in [4.78, 5) is 2.38. The van der Waals surface area contributed by atoms with Crippen LogP contribution in [0.4, 0.5) is 0 Å². The molecule has 72 valence electrons. The van der Waals surface area contributed by atoms with Gasteiger partial charge in [-0.2, -0.15) is 0 Å². The normalized spacial score (nSPS) is 31.2. The van der Waals surface area contributed by atoms with E-state index in [0.717, 1.165) is 32.7 Å². The first-order valence-corrected chi connectivity index (χ1v) is 4.47. The molecular formula is C9H19NO2. The molecular weight excluding hydrogens is 154 g/mol. The van der Waals surface area contributed by atoms with Gasteiger partial charge in [0.05, 0.1) is 12.2 Å². The van der Waals surface area contributed by atoms with Gasteiger partial charge in [0, 0.05) is 33.9 Å². The molecule has 1 fully saturated rings. The molecule has 0 aromatic heterocycles. The monoisotopic (exact) mass is 173 g/mol. The zero-order valence-corrected chi connectivity index (χ0v) is 8.30. The summed E-state index contributed by atoms with van der Waals surface area (Å²) in [6.45, 7) is 6.18. The number of rotatable bonds is 4. The van der Waals surface area contributed by atoms with E-state index in [0.29, 0.717) is 0 Å². The summed E-state index contributed by atoms with van der Waals surface area (Å²) in [7, 11) is 3.53. The average molecular weight is 173 g/mol. The molecule has 0 aliphatic carbocycles. The van der Waals surface area contributed by atoms with Gasteiger partial charge in [-0.05, 0) is 13.3 Å². The lowest BCUT2D eigenvalue weighted by atomic mass is 10.1. The van der Waals surface area contributed by atoms with Crippen molar-refractivity contribution in [2.24, 2.45) is 0 Å². The molecule has 1 unspecified atom stereocenters. The quantitative estimate of drug-likeness (QED) is 0.626. The van der Waals surface area contributed by atoms with Gasteiger partial charge in [0.2, 0.25) is 0 Å². The maximum Gasteiger partial charge on any atom is 0.0789 e. The standard InChI is InChI=1S/C9H19NO2/c1-9(12-3)4-5-10(8-9)6-7-11-2/h4-8H2,1-3H3. The third-order valence-corrected chi connectivity index (χ3v) is 2.62. The third-order valence-electron chi connectivity index (χ3n) is 2.62. The summed E-state index contributed by atoms with van der Waals surface area (Å²) >= 11 is 0. The predicted octanol–water partition coefficient (Wildman–Crippen LogP) is 0.744. The summed E-state index contributed by atoms with van der Waals surface area (Å²) in [5.41, 5.74) is 0.0771. The predicted molar refractivity (Wildman–Crippen MR) is 48.3 cm³/mol. The van der Waals surface area contributed by atoms with Crippen LogP contribution in [0.5, 0.6) is 0 Å². The molecule has 0 saturated carbocycles. The largest absolute Gasteiger partial charge is 0.383 e. The number of likely N-dealkylation sites (tertiary alicyclic amines) is 1. The molecule has 0 aromatic carbocycles. The van der Waals surface area contributed by atoms with Gasteiger partial charge in [0.15, 0.2) is 0 Å². The van der Waals surface area contributed by atoms with Crippen LogP contribution in [0.25, 0.3) is 0 Å². The Morgan fingerprint density at radius 3 is 2.67 bits per heavy atom. The van der Waals surface area contributed by atoms with Gasteiger partial charge in [-0.3, -0.25) is 4.90 Å². The second-order valence-corrected chi connectivity index (χ2v) is 3.67. The van der Waals surface area contributed by atoms with Crippen molar-refractivity contribution in [3.8, 4) is 0 Å². The minimum atomic E-state index is 0.0771. The lowest BCUT2D eigenvalue weighted by Gasteiger charge is -2.22. The molecule has 0 bridgehead atoms. The molecule has 0 N–H and O–H groups in total. The number of nitrogens with zero attached hydrogens (tertiary/aromatic N) is 1. The van der Waals surface area contributed by atoms with Gasteiger partial charge in [-0.25, -0.2) is 0 Å². The van der Waals surface area contributed by atoms with Crippen LogP contribution in [0, 0.1) is 0 Å². The summed E-state index contributed by atoms with van der Waals surface area (Å²) in [6, 6.07) is 0. The summed E-state index contributed by atoms with van der Waals surface area (Å²) in [6.07, 6.45) is 1.13. The Kier molecular flexibility index (Phi) is 3.50. The molecule has 0 spiro atoms. The van der Waals surface area contributed by atoms with Crippen molar-refractivity contribution < 1.29 is 9.47 Å². The Labute approximate surface area is 74.6 Å². The van der Waals surface area contributed by atoms with E-state index in [9.17, 15) is 0 Å². The number of hydrogen-bond donors (Lipinski definition) is 0. The molecule has 1 atom stereocenters. The molecule has 12 heavy (non-hydrogen) atoms. The van der Waals surface area contributed by atoms with Crippen LogP contribution in [0.1, 0.15) is 13.3 Å². The summed E-state index contributed by atoms with van der Waals surface area (Å²) in [5.74, 6) is 0. The first-order chi connectivity index (χ1) is 5.70. The summed E-state index contributed by atoms with van der Waals surface area (Å²) in [5, 5.41) is 0. The second kappa shape index (κ2) is 4.21. The molecule has 1 aliphatic rings. The lowest BCUT2D eigenvalue weighted by Crippen LogP contribution is -2.33. The first kappa shape index (κ1) is 9.96. The molecule has 1 heterocycles. The van der Waals surface area contributed by atoms with E-state index in [2.05, 4.69) is 11.8 Å². The highest BCUT2D eigenvalue weighted by Gasteiger charge is 2.32. The van der Waals surface area contributed by atoms with Crippen molar-refractivity contribution >= 4 is 0 Å². The van der Waals surface area contributed by atoms with Crippen molar-refractivity contribution in [1.82, 2.24) is 4.90 Å². The minimum Gasteiger partial charge on any atom is -0.383 e. The second-order valence-electron chi connectivity index (χ2n) is 3.67. The molecule has 1 rings (SSSR count). The number of ether oxygens (including phenoxy) is 2. The maximum absolute atomic E-state index is 5.43. The Morgan fingerprint density at radius 2 is 2.17 bits per heavy atom. The van der Waals surface area contributed by atoms with Gasteiger partial charge in [0.1, 0.15) is 0 Å². The fourth-order valence-corrected chi connectivity index (χ4v) is 1.60. The van der Waals surface area contributed by atoms with Gasteiger partial charge in [0.25, 0.3) is 0 Å². The van der Waals surface area contributed by atoms with Crippen LogP contribution >= 0.6 is 0 Å². The van der Waals surface area contributed by atoms with Gasteiger partial charge >= 0.3 is 0 Å². The van der Waals surface area contributed by atoms with Crippen molar-refractivity contribution in [2.75, 3.05) is 40.5 Å². The SMILES string of the molecule is COCCN1CCC(C)(OC)C1. The molecule has 1 saturated heterocycles. The summed E-state index contributed by atoms with van der Waals surface area (Å²) < 4.78 is 10.4. The van der Waals surface area contributed by atoms with Gasteiger partial charge in [-0.1, -0.05) is 0 Å². The van der Waals surface area contributed by atoms with Crippen molar-refractivity contribution in [2.45, 2.75) is 18.9 Å². The average Bonchev–Trinajstić information content (AvgIpc) is 2.45. The fourth-order valence-electron chi connectivity index (χ4n) is 1.60. The highest BCUT2D eigenvalue weighted by atomic mass is 16.5. The van der Waals surface area contributed by atoms with Crippen LogP contribution in [-0.4, -0.2) is 51.0 Å². The van der Waals surface area contributed by atoms with E-state index in [1.54, 1.807) is 14.2 Å². The Balaban J connectivity index is 2.25. The molecule has 0 radical (unpaired) electrons. The van der Waals surface area contributed by atoms with E-state index in [1.165, 1.54) is 0 Å². The van der Waals surface area contributed by atoms with Crippen molar-refractivity contribution in [1.29, 1.82) is 0 Å². The van der Waals surface area contributed by atoms with Gasteiger partial charge in [-0.15, -0.1) is 0 Å². The Bertz CT molecular complexity index is 138. The van der Waals surface area contributed by atoms with E-state index >= 15 is 0 Å². The zero-order chi connectivity index (χ0) is 9.03. The third kappa shape index (κ3) is 2.44. The lowest BCUT2D eigenvalue weighted by molar-refractivity contribution is 0.0131. The van der Waals surface area contributed by atoms with Crippen LogP contribution in [-0.2, 0) is 9.47 Å². The van der Waals surface area contributed by atoms with E-state index in [4.69, 9.17) is 9.47 Å². The van der Waals surface area contributed by atoms with Crippen LogP contribution < -0.4 is 0 Å². The smallest absolute Gasteiger partial charge is 0.0789 e.